The van der Waals surface area contributed by atoms with Gasteiger partial charge in [0.15, 0.2) is 11.4 Å². The Morgan fingerprint density at radius 2 is 1.91 bits per heavy atom. The van der Waals surface area contributed by atoms with E-state index >= 15 is 0 Å². The number of nitrogens with one attached hydrogen (secondary N) is 2. The predicted octanol–water partition coefficient (Wildman–Crippen LogP) is 2.79. The SMILES string of the molecule is CNc1ncc(-c2cccc(-c3ncn(C)n3)c2OC)c2cc(NC(=O)C3(OC=O)CC3)ncc12. The Kier molecular flexibility index (Phi) is 5.51. The lowest BCUT2D eigenvalue weighted by molar-refractivity contribution is -0.144. The molecule has 35 heavy (non-hydrogen) atoms. The van der Waals surface area contributed by atoms with E-state index in [1.54, 1.807) is 50.7 Å². The first-order valence-electron chi connectivity index (χ1n) is 10.9. The van der Waals surface area contributed by atoms with Crippen LogP contribution in [0.5, 0.6) is 5.75 Å². The van der Waals surface area contributed by atoms with Crippen molar-refractivity contribution in [2.24, 2.45) is 7.05 Å². The second-order valence-electron chi connectivity index (χ2n) is 8.18. The number of benzene rings is 1. The van der Waals surface area contributed by atoms with Crippen LogP contribution in [0.15, 0.2) is 43.0 Å². The molecule has 1 amide bonds. The number of methoxy groups -OCH3 is 1. The summed E-state index contributed by atoms with van der Waals surface area (Å²) in [5, 5.41) is 11.8. The first kappa shape index (κ1) is 22.3. The monoisotopic (exact) mass is 473 g/mol. The van der Waals surface area contributed by atoms with E-state index in [0.29, 0.717) is 42.5 Å². The fourth-order valence-corrected chi connectivity index (χ4v) is 4.06. The van der Waals surface area contributed by atoms with Crippen LogP contribution in [0.2, 0.25) is 0 Å². The smallest absolute Gasteiger partial charge is 0.294 e. The number of amides is 1. The minimum absolute atomic E-state index is 0.305. The highest BCUT2D eigenvalue weighted by Gasteiger charge is 2.53. The Labute approximate surface area is 200 Å². The number of hydrogen-bond acceptors (Lipinski definition) is 9. The number of hydrogen-bond donors (Lipinski definition) is 2. The molecule has 5 rings (SSSR count). The molecule has 3 aromatic heterocycles. The third-order valence-corrected chi connectivity index (χ3v) is 5.99. The number of nitrogens with zero attached hydrogens (tertiary/aromatic N) is 5. The van der Waals surface area contributed by atoms with Crippen LogP contribution in [0.3, 0.4) is 0 Å². The fraction of sp³-hybridized carbons (Fsp3) is 0.250. The first-order valence-corrected chi connectivity index (χ1v) is 10.9. The van der Waals surface area contributed by atoms with Gasteiger partial charge in [-0.15, -0.1) is 0 Å². The molecule has 11 heteroatoms. The number of carbonyl (C=O) groups is 2. The van der Waals surface area contributed by atoms with Gasteiger partial charge >= 0.3 is 0 Å². The number of aromatic nitrogens is 5. The lowest BCUT2D eigenvalue weighted by Gasteiger charge is -2.16. The number of fused-ring (bicyclic) bond motifs is 1. The van der Waals surface area contributed by atoms with Gasteiger partial charge < -0.3 is 20.1 Å². The van der Waals surface area contributed by atoms with Crippen LogP contribution in [0.4, 0.5) is 11.6 Å². The highest BCUT2D eigenvalue weighted by atomic mass is 16.6. The molecule has 1 aliphatic carbocycles. The molecule has 2 N–H and O–H groups in total. The van der Waals surface area contributed by atoms with E-state index in [4.69, 9.17) is 9.47 Å². The summed E-state index contributed by atoms with van der Waals surface area (Å²) in [6.07, 6.45) is 5.97. The number of anilines is 2. The summed E-state index contributed by atoms with van der Waals surface area (Å²) in [4.78, 5) is 36.8. The zero-order valence-corrected chi connectivity index (χ0v) is 19.4. The fourth-order valence-electron chi connectivity index (χ4n) is 4.06. The Morgan fingerprint density at radius 3 is 2.57 bits per heavy atom. The van der Waals surface area contributed by atoms with Gasteiger partial charge in [-0.2, -0.15) is 5.10 Å². The number of aryl methyl sites for hydroxylation is 1. The second-order valence-corrected chi connectivity index (χ2v) is 8.18. The number of para-hydroxylation sites is 1. The molecule has 0 atom stereocenters. The first-order chi connectivity index (χ1) is 17.0. The largest absolute Gasteiger partial charge is 0.495 e. The second kappa shape index (κ2) is 8.67. The molecule has 1 aromatic carbocycles. The van der Waals surface area contributed by atoms with Crippen molar-refractivity contribution in [2.75, 3.05) is 24.8 Å². The Bertz CT molecular complexity index is 1450. The maximum Gasteiger partial charge on any atom is 0.294 e. The topological polar surface area (TPSA) is 133 Å². The summed E-state index contributed by atoms with van der Waals surface area (Å²) in [5.74, 6) is 1.70. The molecule has 0 bridgehead atoms. The van der Waals surface area contributed by atoms with E-state index in [2.05, 4.69) is 30.7 Å². The van der Waals surface area contributed by atoms with E-state index in [1.807, 2.05) is 18.2 Å². The predicted molar refractivity (Wildman–Crippen MR) is 129 cm³/mol. The molecular weight excluding hydrogens is 450 g/mol. The Balaban J connectivity index is 1.63. The van der Waals surface area contributed by atoms with Gasteiger partial charge in [0.1, 0.15) is 23.7 Å². The standard InChI is InChI=1S/C24H23N7O4/c1-25-21-18-11-26-19(29-23(33)24(7-8-24)35-13-32)9-16(18)17(10-27-21)14-5-4-6-15(20(14)34-3)22-28-12-31(2)30-22/h4-6,9-13H,7-8H2,1-3H3,(H,25,27)(H,26,29,33). The highest BCUT2D eigenvalue weighted by molar-refractivity contribution is 6.06. The Morgan fingerprint density at radius 1 is 1.11 bits per heavy atom. The minimum Gasteiger partial charge on any atom is -0.495 e. The summed E-state index contributed by atoms with van der Waals surface area (Å²) in [6, 6.07) is 7.49. The molecule has 178 valence electrons. The van der Waals surface area contributed by atoms with E-state index in [9.17, 15) is 9.59 Å². The molecule has 3 heterocycles. The molecule has 4 aromatic rings. The maximum atomic E-state index is 12.7. The third kappa shape index (κ3) is 3.90. The quantitative estimate of drug-likeness (QED) is 0.371. The van der Waals surface area contributed by atoms with E-state index in [0.717, 1.165) is 27.5 Å². The van der Waals surface area contributed by atoms with Crippen LogP contribution in [0.25, 0.3) is 33.3 Å². The van der Waals surface area contributed by atoms with Crippen molar-refractivity contribution in [1.82, 2.24) is 24.7 Å². The van der Waals surface area contributed by atoms with Gasteiger partial charge in [0.25, 0.3) is 12.4 Å². The summed E-state index contributed by atoms with van der Waals surface area (Å²) in [7, 11) is 5.17. The average molecular weight is 473 g/mol. The lowest BCUT2D eigenvalue weighted by atomic mass is 9.98. The molecule has 0 unspecified atom stereocenters. The Hall–Kier alpha value is -4.54. The average Bonchev–Trinajstić information content (AvgIpc) is 3.54. The van der Waals surface area contributed by atoms with Crippen LogP contribution >= 0.6 is 0 Å². The summed E-state index contributed by atoms with van der Waals surface area (Å²) >= 11 is 0. The van der Waals surface area contributed by atoms with Crippen LogP contribution in [-0.2, 0) is 21.4 Å². The highest BCUT2D eigenvalue weighted by Crippen LogP contribution is 2.42. The van der Waals surface area contributed by atoms with Gasteiger partial charge in [0, 0.05) is 61.2 Å². The van der Waals surface area contributed by atoms with Gasteiger partial charge in [-0.3, -0.25) is 14.3 Å². The number of ether oxygens (including phenoxy) is 2. The maximum absolute atomic E-state index is 12.7. The van der Waals surface area contributed by atoms with E-state index in [1.165, 1.54) is 0 Å². The van der Waals surface area contributed by atoms with Gasteiger partial charge in [0.2, 0.25) is 0 Å². The van der Waals surface area contributed by atoms with Gasteiger partial charge in [-0.25, -0.2) is 15.0 Å². The van der Waals surface area contributed by atoms with Gasteiger partial charge in [0.05, 0.1) is 12.7 Å². The van der Waals surface area contributed by atoms with Gasteiger partial charge in [-0.05, 0) is 12.1 Å². The van der Waals surface area contributed by atoms with E-state index in [-0.39, 0.29) is 0 Å². The van der Waals surface area contributed by atoms with Crippen molar-refractivity contribution in [3.05, 3.63) is 43.0 Å². The van der Waals surface area contributed by atoms with Crippen molar-refractivity contribution in [2.45, 2.75) is 18.4 Å². The van der Waals surface area contributed by atoms with Crippen molar-refractivity contribution in [1.29, 1.82) is 0 Å². The molecule has 0 spiro atoms. The number of pyridine rings is 2. The van der Waals surface area contributed by atoms with Crippen molar-refractivity contribution < 1.29 is 19.1 Å². The zero-order chi connectivity index (χ0) is 24.6. The summed E-state index contributed by atoms with van der Waals surface area (Å²) < 4.78 is 12.4. The molecule has 1 aliphatic rings. The van der Waals surface area contributed by atoms with Crippen LogP contribution < -0.4 is 15.4 Å². The summed E-state index contributed by atoms with van der Waals surface area (Å²) in [5.41, 5.74) is 1.18. The van der Waals surface area contributed by atoms with Crippen molar-refractivity contribution >= 4 is 34.8 Å². The number of carbonyl (C=O) groups excluding carboxylic acids is 2. The molecule has 0 saturated heterocycles. The molecule has 11 nitrogen and oxygen atoms in total. The van der Waals surface area contributed by atoms with Crippen LogP contribution in [0.1, 0.15) is 12.8 Å². The molecular formula is C24H23N7O4. The van der Waals surface area contributed by atoms with Crippen LogP contribution in [0, 0.1) is 0 Å². The zero-order valence-electron chi connectivity index (χ0n) is 19.4. The van der Waals surface area contributed by atoms with E-state index < -0.39 is 11.5 Å². The van der Waals surface area contributed by atoms with Crippen molar-refractivity contribution in [3.63, 3.8) is 0 Å². The lowest BCUT2D eigenvalue weighted by Crippen LogP contribution is -2.32. The normalized spacial score (nSPS) is 13.8. The molecule has 1 saturated carbocycles. The molecule has 0 radical (unpaired) electrons. The van der Waals surface area contributed by atoms with Gasteiger partial charge in [-0.1, -0.05) is 12.1 Å². The third-order valence-electron chi connectivity index (χ3n) is 5.99. The molecule has 1 fully saturated rings. The number of rotatable bonds is 8. The molecule has 0 aliphatic heterocycles. The van der Waals surface area contributed by atoms with Crippen molar-refractivity contribution in [3.8, 4) is 28.3 Å². The van der Waals surface area contributed by atoms with Crippen LogP contribution in [-0.4, -0.2) is 56.9 Å². The minimum atomic E-state index is -1.11. The summed E-state index contributed by atoms with van der Waals surface area (Å²) in [6.45, 7) is 0.305.